The number of nitrogens with zero attached hydrogens (tertiary/aromatic N) is 2. The number of carbonyl (C=O) groups excluding carboxylic acids is 2. The van der Waals surface area contributed by atoms with Crippen LogP contribution in [0.3, 0.4) is 0 Å². The number of ether oxygens (including phenoxy) is 1. The van der Waals surface area contributed by atoms with Crippen molar-refractivity contribution < 1.29 is 22.7 Å². The zero-order valence-electron chi connectivity index (χ0n) is 16.1. The standard InChI is InChI=1S/C18H18ClN3O5S3/c1-3-27-18(24)15-10(2)11(9-20)17(29-15)21-16(23)12-5-4-8-22(12)30(25,26)14-7-6-13(19)28-14/h6-7,12H,3-5,8H2,1-2H3,(H,21,23). The number of rotatable bonds is 6. The number of carbonyl (C=O) groups is 2. The molecule has 1 aliphatic heterocycles. The SMILES string of the molecule is CCOC(=O)c1sc(NC(=O)C2CCCN2S(=O)(=O)c2ccc(Cl)s2)c(C#N)c1C. The van der Waals surface area contributed by atoms with Crippen molar-refractivity contribution in [3.63, 3.8) is 0 Å². The summed E-state index contributed by atoms with van der Waals surface area (Å²) in [6.45, 7) is 3.66. The first-order chi connectivity index (χ1) is 14.2. The van der Waals surface area contributed by atoms with Crippen molar-refractivity contribution >= 4 is 61.2 Å². The Kier molecular flexibility index (Phi) is 6.84. The van der Waals surface area contributed by atoms with E-state index in [2.05, 4.69) is 5.32 Å². The van der Waals surface area contributed by atoms with Crippen LogP contribution in [0.5, 0.6) is 0 Å². The van der Waals surface area contributed by atoms with Crippen LogP contribution in [0.1, 0.15) is 40.6 Å². The van der Waals surface area contributed by atoms with Gasteiger partial charge < -0.3 is 10.1 Å². The third-order valence-corrected chi connectivity index (χ3v) is 9.37. The highest BCUT2D eigenvalue weighted by atomic mass is 35.5. The highest BCUT2D eigenvalue weighted by molar-refractivity contribution is 7.91. The summed E-state index contributed by atoms with van der Waals surface area (Å²) in [5.74, 6) is -1.12. The van der Waals surface area contributed by atoms with Gasteiger partial charge in [-0.15, -0.1) is 22.7 Å². The van der Waals surface area contributed by atoms with Crippen LogP contribution in [0.2, 0.25) is 4.34 Å². The van der Waals surface area contributed by atoms with Crippen LogP contribution >= 0.6 is 34.3 Å². The van der Waals surface area contributed by atoms with Gasteiger partial charge in [-0.3, -0.25) is 4.79 Å². The number of esters is 1. The van der Waals surface area contributed by atoms with E-state index in [1.807, 2.05) is 6.07 Å². The van der Waals surface area contributed by atoms with E-state index < -0.39 is 27.9 Å². The summed E-state index contributed by atoms with van der Waals surface area (Å²) < 4.78 is 32.4. The molecule has 2 aromatic heterocycles. The average Bonchev–Trinajstić information content (AvgIpc) is 3.41. The molecule has 0 radical (unpaired) electrons. The molecular weight excluding hydrogens is 470 g/mol. The lowest BCUT2D eigenvalue weighted by Gasteiger charge is -2.22. The average molecular weight is 488 g/mol. The Morgan fingerprint density at radius 3 is 2.73 bits per heavy atom. The lowest BCUT2D eigenvalue weighted by Crippen LogP contribution is -2.42. The first kappa shape index (κ1) is 22.7. The van der Waals surface area contributed by atoms with Crippen LogP contribution in [-0.2, 0) is 19.6 Å². The van der Waals surface area contributed by atoms with Crippen LogP contribution < -0.4 is 5.32 Å². The molecule has 160 valence electrons. The molecule has 1 atom stereocenters. The van der Waals surface area contributed by atoms with Crippen LogP contribution in [0.15, 0.2) is 16.3 Å². The molecule has 2 aromatic rings. The van der Waals surface area contributed by atoms with Gasteiger partial charge in [0.1, 0.15) is 26.2 Å². The van der Waals surface area contributed by atoms with Crippen molar-refractivity contribution in [1.82, 2.24) is 4.31 Å². The largest absolute Gasteiger partial charge is 0.462 e. The monoisotopic (exact) mass is 487 g/mol. The summed E-state index contributed by atoms with van der Waals surface area (Å²) in [5, 5.41) is 12.3. The minimum absolute atomic E-state index is 0.0708. The van der Waals surface area contributed by atoms with Crippen LogP contribution in [0, 0.1) is 18.3 Å². The van der Waals surface area contributed by atoms with Crippen molar-refractivity contribution in [1.29, 1.82) is 5.26 Å². The number of anilines is 1. The number of hydrogen-bond donors (Lipinski definition) is 1. The van der Waals surface area contributed by atoms with Gasteiger partial charge in [-0.1, -0.05) is 11.6 Å². The summed E-state index contributed by atoms with van der Waals surface area (Å²) in [6.07, 6.45) is 0.875. The minimum atomic E-state index is -3.87. The van der Waals surface area contributed by atoms with Crippen molar-refractivity contribution in [3.05, 3.63) is 32.5 Å². The van der Waals surface area contributed by atoms with E-state index in [-0.39, 0.29) is 32.8 Å². The highest BCUT2D eigenvalue weighted by Gasteiger charge is 2.40. The zero-order chi connectivity index (χ0) is 22.1. The number of nitrogens with one attached hydrogen (secondary N) is 1. The molecule has 0 spiro atoms. The molecule has 1 unspecified atom stereocenters. The van der Waals surface area contributed by atoms with Gasteiger partial charge in [0.2, 0.25) is 5.91 Å². The summed E-state index contributed by atoms with van der Waals surface area (Å²) in [4.78, 5) is 25.3. The molecule has 1 aliphatic rings. The quantitative estimate of drug-likeness (QED) is 0.622. The molecule has 1 amide bonds. The van der Waals surface area contributed by atoms with E-state index in [9.17, 15) is 23.3 Å². The molecule has 30 heavy (non-hydrogen) atoms. The molecule has 12 heteroatoms. The van der Waals surface area contributed by atoms with Gasteiger partial charge >= 0.3 is 5.97 Å². The molecular formula is C18H18ClN3O5S3. The number of sulfonamides is 1. The van der Waals surface area contributed by atoms with Crippen LogP contribution in [-0.4, -0.2) is 43.8 Å². The van der Waals surface area contributed by atoms with Gasteiger partial charge in [-0.05, 0) is 44.4 Å². The van der Waals surface area contributed by atoms with Crippen LogP contribution in [0.4, 0.5) is 5.00 Å². The summed E-state index contributed by atoms with van der Waals surface area (Å²) >= 11 is 7.74. The maximum atomic E-state index is 12.9. The number of halogens is 1. The predicted octanol–water partition coefficient (Wildman–Crippen LogP) is 3.61. The lowest BCUT2D eigenvalue weighted by molar-refractivity contribution is -0.119. The Morgan fingerprint density at radius 1 is 1.40 bits per heavy atom. The molecule has 1 N–H and O–H groups in total. The minimum Gasteiger partial charge on any atom is -0.462 e. The topological polar surface area (TPSA) is 117 Å². The number of amides is 1. The maximum absolute atomic E-state index is 12.9. The highest BCUT2D eigenvalue weighted by Crippen LogP contribution is 2.35. The molecule has 0 aromatic carbocycles. The van der Waals surface area contributed by atoms with E-state index in [0.717, 1.165) is 27.0 Å². The van der Waals surface area contributed by atoms with E-state index in [1.54, 1.807) is 13.8 Å². The van der Waals surface area contributed by atoms with Crippen LogP contribution in [0.25, 0.3) is 0 Å². The molecule has 3 heterocycles. The van der Waals surface area contributed by atoms with Crippen molar-refractivity contribution in [2.75, 3.05) is 18.5 Å². The third-order valence-electron chi connectivity index (χ3n) is 4.57. The van der Waals surface area contributed by atoms with E-state index in [0.29, 0.717) is 22.7 Å². The Labute approximate surface area is 187 Å². The Morgan fingerprint density at radius 2 is 2.13 bits per heavy atom. The Balaban J connectivity index is 1.86. The van der Waals surface area contributed by atoms with Gasteiger partial charge in [0, 0.05) is 6.54 Å². The van der Waals surface area contributed by atoms with Crippen molar-refractivity contribution in [2.45, 2.75) is 36.9 Å². The first-order valence-electron chi connectivity index (χ1n) is 8.99. The van der Waals surface area contributed by atoms with Gasteiger partial charge in [-0.25, -0.2) is 13.2 Å². The van der Waals surface area contributed by atoms with Crippen molar-refractivity contribution in [2.24, 2.45) is 0 Å². The van der Waals surface area contributed by atoms with E-state index >= 15 is 0 Å². The molecule has 1 fully saturated rings. The van der Waals surface area contributed by atoms with Gasteiger partial charge in [0.15, 0.2) is 0 Å². The van der Waals surface area contributed by atoms with Gasteiger partial charge in [0.25, 0.3) is 10.0 Å². The Bertz CT molecular complexity index is 1130. The molecule has 0 aliphatic carbocycles. The van der Waals surface area contributed by atoms with Crippen molar-refractivity contribution in [3.8, 4) is 6.07 Å². The fraction of sp³-hybridized carbons (Fsp3) is 0.389. The van der Waals surface area contributed by atoms with E-state index in [1.165, 1.54) is 12.1 Å². The molecule has 1 saturated heterocycles. The second-order valence-corrected chi connectivity index (χ2v) is 11.3. The predicted molar refractivity (Wildman–Crippen MR) is 115 cm³/mol. The number of thiophene rings is 2. The summed E-state index contributed by atoms with van der Waals surface area (Å²) in [6, 6.07) is 3.98. The van der Waals surface area contributed by atoms with Gasteiger partial charge in [-0.2, -0.15) is 9.57 Å². The second kappa shape index (κ2) is 9.03. The molecule has 0 bridgehead atoms. The summed E-state index contributed by atoms with van der Waals surface area (Å²) in [7, 11) is -3.87. The first-order valence-corrected chi connectivity index (χ1v) is 12.4. The smallest absolute Gasteiger partial charge is 0.348 e. The second-order valence-electron chi connectivity index (χ2n) is 6.41. The zero-order valence-corrected chi connectivity index (χ0v) is 19.3. The third kappa shape index (κ3) is 4.24. The number of nitriles is 1. The fourth-order valence-corrected chi connectivity index (χ4v) is 7.49. The summed E-state index contributed by atoms with van der Waals surface area (Å²) in [5.41, 5.74) is 0.578. The molecule has 0 saturated carbocycles. The Hall–Kier alpha value is -1.97. The maximum Gasteiger partial charge on any atom is 0.348 e. The number of hydrogen-bond acceptors (Lipinski definition) is 8. The fourth-order valence-electron chi connectivity index (χ4n) is 3.16. The lowest BCUT2D eigenvalue weighted by atomic mass is 10.1. The molecule has 3 rings (SSSR count). The van der Waals surface area contributed by atoms with E-state index in [4.69, 9.17) is 16.3 Å². The molecule has 8 nitrogen and oxygen atoms in total. The van der Waals surface area contributed by atoms with Gasteiger partial charge in [0.05, 0.1) is 16.5 Å². The normalized spacial score (nSPS) is 16.9.